The van der Waals surface area contributed by atoms with Gasteiger partial charge in [0.25, 0.3) is 0 Å². The number of rotatable bonds is 6. The van der Waals surface area contributed by atoms with Gasteiger partial charge in [0.2, 0.25) is 17.7 Å². The van der Waals surface area contributed by atoms with E-state index in [0.29, 0.717) is 13.0 Å². The highest BCUT2D eigenvalue weighted by atomic mass is 16.2. The van der Waals surface area contributed by atoms with Crippen molar-refractivity contribution in [2.75, 3.05) is 13.1 Å². The summed E-state index contributed by atoms with van der Waals surface area (Å²) in [6.45, 7) is 5.94. The number of hydrogen-bond acceptors (Lipinski definition) is 4. The lowest BCUT2D eigenvalue weighted by molar-refractivity contribution is -0.138. The average Bonchev–Trinajstić information content (AvgIpc) is 3.30. The molecule has 1 fully saturated rings. The van der Waals surface area contributed by atoms with Gasteiger partial charge >= 0.3 is 0 Å². The van der Waals surface area contributed by atoms with Crippen LogP contribution in [0.1, 0.15) is 44.0 Å². The third-order valence-corrected chi connectivity index (χ3v) is 5.68. The van der Waals surface area contributed by atoms with E-state index < -0.39 is 6.04 Å². The molecule has 3 rings (SSSR count). The van der Waals surface area contributed by atoms with Gasteiger partial charge < -0.3 is 16.0 Å². The minimum atomic E-state index is -0.579. The summed E-state index contributed by atoms with van der Waals surface area (Å²) in [4.78, 5) is 38.9. The number of likely N-dealkylation sites (tertiary alicyclic amines) is 1. The smallest absolute Gasteiger partial charge is 0.245 e. The molecule has 2 amide bonds. The number of benzene rings is 1. The second kappa shape index (κ2) is 8.78. The number of fused-ring (bicyclic) bond motifs is 1. The van der Waals surface area contributed by atoms with Crippen LogP contribution >= 0.6 is 0 Å². The number of nitrogens with two attached hydrogens (primary N) is 1. The van der Waals surface area contributed by atoms with Crippen LogP contribution in [0.3, 0.4) is 0 Å². The van der Waals surface area contributed by atoms with Crippen LogP contribution in [-0.4, -0.2) is 52.4 Å². The van der Waals surface area contributed by atoms with Crippen LogP contribution in [0.15, 0.2) is 30.5 Å². The Morgan fingerprint density at radius 1 is 1.24 bits per heavy atom. The van der Waals surface area contributed by atoms with Gasteiger partial charge in [0.15, 0.2) is 0 Å². The van der Waals surface area contributed by atoms with Crippen LogP contribution < -0.4 is 11.1 Å². The Morgan fingerprint density at radius 3 is 2.62 bits per heavy atom. The first-order chi connectivity index (χ1) is 13.8. The number of carbonyl (C=O) groups excluding carboxylic acids is 3. The van der Waals surface area contributed by atoms with E-state index in [1.165, 1.54) is 0 Å². The van der Waals surface area contributed by atoms with Crippen molar-refractivity contribution in [1.82, 2.24) is 14.8 Å². The predicted octanol–water partition coefficient (Wildman–Crippen LogP) is 1.93. The van der Waals surface area contributed by atoms with Crippen LogP contribution in [0.2, 0.25) is 0 Å². The monoisotopic (exact) mass is 398 g/mol. The normalized spacial score (nSPS) is 17.7. The standard InChI is InChI=1S/C22H30N4O3/c1-14(2)21(24-20(28)12-23)22(29)25-10-6-7-17(25)11-16-13-26(15(3)27)19-9-5-4-8-18(16)19/h4-5,8-9,13-14,17,21H,6-7,10-12,23H2,1-3H3,(H,24,28)/t17-,21-/m0/s1. The summed E-state index contributed by atoms with van der Waals surface area (Å²) in [6.07, 6.45) is 4.41. The van der Waals surface area contributed by atoms with Crippen LogP contribution in [0.5, 0.6) is 0 Å². The molecule has 0 saturated carbocycles. The maximum atomic E-state index is 13.2. The molecule has 0 spiro atoms. The molecule has 1 aromatic heterocycles. The molecule has 29 heavy (non-hydrogen) atoms. The summed E-state index contributed by atoms with van der Waals surface area (Å²) in [5.74, 6) is -0.438. The van der Waals surface area contributed by atoms with Gasteiger partial charge in [-0.05, 0) is 36.8 Å². The molecule has 0 bridgehead atoms. The fourth-order valence-corrected chi connectivity index (χ4v) is 4.19. The Balaban J connectivity index is 1.84. The molecule has 0 aliphatic carbocycles. The molecular formula is C22H30N4O3. The Kier molecular flexibility index (Phi) is 6.37. The van der Waals surface area contributed by atoms with Gasteiger partial charge in [0.1, 0.15) is 6.04 Å². The molecule has 1 saturated heterocycles. The summed E-state index contributed by atoms with van der Waals surface area (Å²) in [7, 11) is 0. The van der Waals surface area contributed by atoms with Crippen LogP contribution in [0.4, 0.5) is 0 Å². The molecule has 1 aromatic carbocycles. The van der Waals surface area contributed by atoms with Crippen molar-refractivity contribution in [3.63, 3.8) is 0 Å². The van der Waals surface area contributed by atoms with Crippen molar-refractivity contribution < 1.29 is 14.4 Å². The molecule has 7 heteroatoms. The highest BCUT2D eigenvalue weighted by Gasteiger charge is 2.35. The number of hydrogen-bond donors (Lipinski definition) is 2. The van der Waals surface area contributed by atoms with E-state index >= 15 is 0 Å². The van der Waals surface area contributed by atoms with Gasteiger partial charge in [0, 0.05) is 31.1 Å². The van der Waals surface area contributed by atoms with E-state index in [9.17, 15) is 14.4 Å². The molecule has 2 atom stereocenters. The molecule has 156 valence electrons. The third-order valence-electron chi connectivity index (χ3n) is 5.68. The molecule has 1 aliphatic rings. The van der Waals surface area contributed by atoms with Gasteiger partial charge in [0.05, 0.1) is 12.1 Å². The lowest BCUT2D eigenvalue weighted by atomic mass is 10.00. The summed E-state index contributed by atoms with van der Waals surface area (Å²) < 4.78 is 1.67. The summed E-state index contributed by atoms with van der Waals surface area (Å²) >= 11 is 0. The van der Waals surface area contributed by atoms with Gasteiger partial charge in [-0.15, -0.1) is 0 Å². The van der Waals surface area contributed by atoms with Gasteiger partial charge in [-0.1, -0.05) is 32.0 Å². The minimum Gasteiger partial charge on any atom is -0.343 e. The lowest BCUT2D eigenvalue weighted by Gasteiger charge is -2.31. The van der Waals surface area contributed by atoms with Crippen LogP contribution in [-0.2, 0) is 16.0 Å². The number of nitrogens with zero attached hydrogens (tertiary/aromatic N) is 2. The predicted molar refractivity (Wildman–Crippen MR) is 113 cm³/mol. The molecule has 2 heterocycles. The number of carbonyl (C=O) groups is 3. The van der Waals surface area contributed by atoms with Gasteiger partial charge in [-0.3, -0.25) is 19.0 Å². The lowest BCUT2D eigenvalue weighted by Crippen LogP contribution is -2.53. The van der Waals surface area contributed by atoms with Crippen molar-refractivity contribution in [2.45, 2.75) is 52.1 Å². The Bertz CT molecular complexity index is 918. The van der Waals surface area contributed by atoms with Crippen LogP contribution in [0, 0.1) is 5.92 Å². The molecule has 0 unspecified atom stereocenters. The molecular weight excluding hydrogens is 368 g/mol. The third kappa shape index (κ3) is 4.34. The zero-order chi connectivity index (χ0) is 21.1. The maximum Gasteiger partial charge on any atom is 0.245 e. The van der Waals surface area contributed by atoms with Crippen LogP contribution in [0.25, 0.3) is 10.9 Å². The molecule has 2 aromatic rings. The Hall–Kier alpha value is -2.67. The van der Waals surface area contributed by atoms with Crippen molar-refractivity contribution >= 4 is 28.6 Å². The molecule has 3 N–H and O–H groups in total. The van der Waals surface area contributed by atoms with Crippen molar-refractivity contribution in [3.8, 4) is 0 Å². The van der Waals surface area contributed by atoms with Gasteiger partial charge in [-0.25, -0.2) is 0 Å². The Labute approximate surface area is 171 Å². The molecule has 7 nitrogen and oxygen atoms in total. The van der Waals surface area contributed by atoms with Crippen molar-refractivity contribution in [1.29, 1.82) is 0 Å². The van der Waals surface area contributed by atoms with E-state index in [0.717, 1.165) is 29.3 Å². The minimum absolute atomic E-state index is 0.0288. The van der Waals surface area contributed by atoms with E-state index in [2.05, 4.69) is 5.32 Å². The van der Waals surface area contributed by atoms with Crippen molar-refractivity contribution in [3.05, 3.63) is 36.0 Å². The number of para-hydroxylation sites is 1. The SMILES string of the molecule is CC(=O)n1cc(C[C@@H]2CCCN2C(=O)[C@@H](NC(=O)CN)C(C)C)c2ccccc21. The summed E-state index contributed by atoms with van der Waals surface area (Å²) in [6, 6.07) is 7.31. The fourth-order valence-electron chi connectivity index (χ4n) is 4.19. The number of nitrogens with one attached hydrogen (secondary N) is 1. The highest BCUT2D eigenvalue weighted by Crippen LogP contribution is 2.28. The first kappa shape index (κ1) is 21.0. The topological polar surface area (TPSA) is 97.4 Å². The average molecular weight is 399 g/mol. The van der Waals surface area contributed by atoms with E-state index in [4.69, 9.17) is 5.73 Å². The summed E-state index contributed by atoms with van der Waals surface area (Å²) in [5, 5.41) is 3.81. The quantitative estimate of drug-likeness (QED) is 0.777. The zero-order valence-corrected chi connectivity index (χ0v) is 17.4. The van der Waals surface area contributed by atoms with Crippen molar-refractivity contribution in [2.24, 2.45) is 11.7 Å². The van der Waals surface area contributed by atoms with E-state index in [1.54, 1.807) is 11.5 Å². The fraction of sp³-hybridized carbons (Fsp3) is 0.500. The number of amides is 2. The molecule has 1 aliphatic heterocycles. The van der Waals surface area contributed by atoms with E-state index in [-0.39, 0.29) is 36.2 Å². The Morgan fingerprint density at radius 2 is 1.97 bits per heavy atom. The van der Waals surface area contributed by atoms with Gasteiger partial charge in [-0.2, -0.15) is 0 Å². The first-order valence-electron chi connectivity index (χ1n) is 10.2. The largest absolute Gasteiger partial charge is 0.343 e. The number of aromatic nitrogens is 1. The summed E-state index contributed by atoms with van der Waals surface area (Å²) in [5.41, 5.74) is 7.37. The maximum absolute atomic E-state index is 13.2. The second-order valence-corrected chi connectivity index (χ2v) is 8.09. The zero-order valence-electron chi connectivity index (χ0n) is 17.4. The highest BCUT2D eigenvalue weighted by molar-refractivity contribution is 5.94. The molecule has 0 radical (unpaired) electrons. The second-order valence-electron chi connectivity index (χ2n) is 8.09. The van der Waals surface area contributed by atoms with E-state index in [1.807, 2.05) is 49.2 Å². The first-order valence-corrected chi connectivity index (χ1v) is 10.2.